The van der Waals surface area contributed by atoms with E-state index in [1.807, 2.05) is 68.4 Å². The predicted molar refractivity (Wildman–Crippen MR) is 103 cm³/mol. The highest BCUT2D eigenvalue weighted by Gasteiger charge is 2.21. The summed E-state index contributed by atoms with van der Waals surface area (Å²) in [6.07, 6.45) is 0. The Balaban J connectivity index is 1.60. The van der Waals surface area contributed by atoms with E-state index in [9.17, 15) is 4.79 Å². The number of carbonyl (C=O) groups is 1. The van der Waals surface area contributed by atoms with Crippen LogP contribution in [0.15, 0.2) is 64.0 Å². The molecule has 1 heterocycles. The van der Waals surface area contributed by atoms with Gasteiger partial charge in [-0.25, -0.2) is 0 Å². The second-order valence-electron chi connectivity index (χ2n) is 6.15. The number of rotatable bonds is 6. The Morgan fingerprint density at radius 1 is 1.15 bits per heavy atom. The van der Waals surface area contributed by atoms with Gasteiger partial charge in [0.15, 0.2) is 0 Å². The molecule has 1 amide bonds. The lowest BCUT2D eigenvalue weighted by molar-refractivity contribution is -0.129. The number of aromatic nitrogens is 2. The SMILES string of the molecule is Cc1ccc(S[C@H](C)C(=O)N(C)Cc2nc(-c3ccccc3)no2)cc1. The highest BCUT2D eigenvalue weighted by atomic mass is 32.2. The molecule has 1 aromatic heterocycles. The molecule has 0 N–H and O–H groups in total. The number of hydrogen-bond donors (Lipinski definition) is 0. The van der Waals surface area contributed by atoms with E-state index in [2.05, 4.69) is 10.1 Å². The lowest BCUT2D eigenvalue weighted by Gasteiger charge is -2.19. The third-order valence-corrected chi connectivity index (χ3v) is 5.03. The van der Waals surface area contributed by atoms with Gasteiger partial charge in [-0.1, -0.05) is 53.2 Å². The first-order valence-electron chi connectivity index (χ1n) is 8.39. The molecule has 134 valence electrons. The van der Waals surface area contributed by atoms with E-state index in [4.69, 9.17) is 4.52 Å². The van der Waals surface area contributed by atoms with E-state index in [1.165, 1.54) is 5.56 Å². The first-order valence-corrected chi connectivity index (χ1v) is 9.27. The summed E-state index contributed by atoms with van der Waals surface area (Å²) in [5.74, 6) is 0.978. The van der Waals surface area contributed by atoms with Gasteiger partial charge in [-0.3, -0.25) is 4.79 Å². The summed E-state index contributed by atoms with van der Waals surface area (Å²) >= 11 is 1.54. The maximum Gasteiger partial charge on any atom is 0.246 e. The van der Waals surface area contributed by atoms with Gasteiger partial charge in [0.2, 0.25) is 17.6 Å². The van der Waals surface area contributed by atoms with Crippen molar-refractivity contribution < 1.29 is 9.32 Å². The molecule has 0 radical (unpaired) electrons. The number of nitrogens with zero attached hydrogens (tertiary/aromatic N) is 3. The standard InChI is InChI=1S/C20H21N3O2S/c1-14-9-11-17(12-10-14)26-15(2)20(24)23(3)13-18-21-19(22-25-18)16-7-5-4-6-8-16/h4-12,15H,13H2,1-3H3/t15-/m1/s1. The quantitative estimate of drug-likeness (QED) is 0.612. The van der Waals surface area contributed by atoms with Gasteiger partial charge in [0.25, 0.3) is 0 Å². The summed E-state index contributed by atoms with van der Waals surface area (Å²) in [7, 11) is 1.75. The minimum absolute atomic E-state index is 0.0232. The molecule has 0 aliphatic carbocycles. The van der Waals surface area contributed by atoms with Gasteiger partial charge in [0.05, 0.1) is 11.8 Å². The van der Waals surface area contributed by atoms with Crippen molar-refractivity contribution in [2.45, 2.75) is 30.5 Å². The molecule has 3 aromatic rings. The Kier molecular flexibility index (Phi) is 5.73. The second kappa shape index (κ2) is 8.19. The average molecular weight is 367 g/mol. The van der Waals surface area contributed by atoms with E-state index in [-0.39, 0.29) is 17.7 Å². The Bertz CT molecular complexity index is 862. The summed E-state index contributed by atoms with van der Waals surface area (Å²) in [6, 6.07) is 17.8. The van der Waals surface area contributed by atoms with Gasteiger partial charge in [0.1, 0.15) is 0 Å². The Morgan fingerprint density at radius 2 is 1.85 bits per heavy atom. The van der Waals surface area contributed by atoms with Gasteiger partial charge < -0.3 is 9.42 Å². The highest BCUT2D eigenvalue weighted by Crippen LogP contribution is 2.25. The normalized spacial score (nSPS) is 12.0. The molecular weight excluding hydrogens is 346 g/mol. The molecule has 0 unspecified atom stereocenters. The number of thioether (sulfide) groups is 1. The van der Waals surface area contributed by atoms with Crippen LogP contribution in [-0.4, -0.2) is 33.2 Å². The van der Waals surface area contributed by atoms with Gasteiger partial charge in [0, 0.05) is 17.5 Å². The van der Waals surface area contributed by atoms with Crippen LogP contribution in [0.25, 0.3) is 11.4 Å². The molecule has 2 aromatic carbocycles. The van der Waals surface area contributed by atoms with Crippen LogP contribution in [0, 0.1) is 6.92 Å². The van der Waals surface area contributed by atoms with Crippen molar-refractivity contribution in [3.05, 3.63) is 66.1 Å². The van der Waals surface area contributed by atoms with Gasteiger partial charge in [-0.15, -0.1) is 11.8 Å². The molecule has 3 rings (SSSR count). The topological polar surface area (TPSA) is 59.2 Å². The van der Waals surface area contributed by atoms with Crippen molar-refractivity contribution in [1.82, 2.24) is 15.0 Å². The van der Waals surface area contributed by atoms with Crippen LogP contribution >= 0.6 is 11.8 Å². The smallest absolute Gasteiger partial charge is 0.246 e. The zero-order valence-electron chi connectivity index (χ0n) is 15.0. The van der Waals surface area contributed by atoms with Crippen LogP contribution in [0.5, 0.6) is 0 Å². The molecule has 0 bridgehead atoms. The molecular formula is C20H21N3O2S. The maximum atomic E-state index is 12.6. The van der Waals surface area contributed by atoms with Crippen molar-refractivity contribution in [1.29, 1.82) is 0 Å². The van der Waals surface area contributed by atoms with Crippen LogP contribution in [0.4, 0.5) is 0 Å². The van der Waals surface area contributed by atoms with Crippen molar-refractivity contribution in [3.8, 4) is 11.4 Å². The van der Waals surface area contributed by atoms with Crippen molar-refractivity contribution in [2.75, 3.05) is 7.05 Å². The Morgan fingerprint density at radius 3 is 2.54 bits per heavy atom. The molecule has 0 saturated heterocycles. The fourth-order valence-corrected chi connectivity index (χ4v) is 3.47. The second-order valence-corrected chi connectivity index (χ2v) is 7.56. The summed E-state index contributed by atoms with van der Waals surface area (Å²) in [4.78, 5) is 19.7. The van der Waals surface area contributed by atoms with Crippen LogP contribution in [0.3, 0.4) is 0 Å². The molecule has 0 aliphatic rings. The largest absolute Gasteiger partial charge is 0.337 e. The predicted octanol–water partition coefficient (Wildman–Crippen LogP) is 4.18. The molecule has 0 aliphatic heterocycles. The van der Waals surface area contributed by atoms with Gasteiger partial charge in [-0.05, 0) is 26.0 Å². The number of benzene rings is 2. The van der Waals surface area contributed by atoms with Crippen LogP contribution < -0.4 is 0 Å². The van der Waals surface area contributed by atoms with Crippen LogP contribution in [-0.2, 0) is 11.3 Å². The maximum absolute atomic E-state index is 12.6. The zero-order valence-corrected chi connectivity index (χ0v) is 15.9. The van der Waals surface area contributed by atoms with Crippen LogP contribution in [0.2, 0.25) is 0 Å². The van der Waals surface area contributed by atoms with Crippen molar-refractivity contribution >= 4 is 17.7 Å². The third kappa shape index (κ3) is 4.52. The number of amides is 1. The summed E-state index contributed by atoms with van der Waals surface area (Å²) in [5, 5.41) is 3.80. The fourth-order valence-electron chi connectivity index (χ4n) is 2.49. The monoisotopic (exact) mass is 367 g/mol. The van der Waals surface area contributed by atoms with E-state index >= 15 is 0 Å². The van der Waals surface area contributed by atoms with E-state index in [1.54, 1.807) is 23.7 Å². The first kappa shape index (κ1) is 18.2. The lowest BCUT2D eigenvalue weighted by atomic mass is 10.2. The zero-order chi connectivity index (χ0) is 18.5. The van der Waals surface area contributed by atoms with Crippen molar-refractivity contribution in [3.63, 3.8) is 0 Å². The Labute approximate surface area is 157 Å². The highest BCUT2D eigenvalue weighted by molar-refractivity contribution is 8.00. The summed E-state index contributed by atoms with van der Waals surface area (Å²) in [6.45, 7) is 4.24. The van der Waals surface area contributed by atoms with E-state index in [0.29, 0.717) is 11.7 Å². The number of hydrogen-bond acceptors (Lipinski definition) is 5. The molecule has 0 spiro atoms. The van der Waals surface area contributed by atoms with Gasteiger partial charge >= 0.3 is 0 Å². The summed E-state index contributed by atoms with van der Waals surface area (Å²) in [5.41, 5.74) is 2.09. The minimum atomic E-state index is -0.195. The Hall–Kier alpha value is -2.60. The molecule has 1 atom stereocenters. The fraction of sp³-hybridized carbons (Fsp3) is 0.250. The van der Waals surface area contributed by atoms with E-state index in [0.717, 1.165) is 10.5 Å². The summed E-state index contributed by atoms with van der Waals surface area (Å²) < 4.78 is 5.29. The number of aryl methyl sites for hydroxylation is 1. The minimum Gasteiger partial charge on any atom is -0.337 e. The molecule has 0 saturated carbocycles. The lowest BCUT2D eigenvalue weighted by Crippen LogP contribution is -2.32. The average Bonchev–Trinajstić information content (AvgIpc) is 3.12. The first-order chi connectivity index (χ1) is 12.5. The molecule has 5 nitrogen and oxygen atoms in total. The molecule has 26 heavy (non-hydrogen) atoms. The molecule has 0 fully saturated rings. The third-order valence-electron chi connectivity index (χ3n) is 3.93. The van der Waals surface area contributed by atoms with Crippen molar-refractivity contribution in [2.24, 2.45) is 0 Å². The number of carbonyl (C=O) groups excluding carboxylic acids is 1. The van der Waals surface area contributed by atoms with Gasteiger partial charge in [-0.2, -0.15) is 4.98 Å². The van der Waals surface area contributed by atoms with E-state index < -0.39 is 0 Å². The molecule has 6 heteroatoms. The van der Waals surface area contributed by atoms with Crippen LogP contribution in [0.1, 0.15) is 18.4 Å².